The second kappa shape index (κ2) is 19.4. The number of fused-ring (bicyclic) bond motifs is 2. The number of hydrogen-bond acceptors (Lipinski definition) is 7. The number of nitrogens with one attached hydrogen (secondary N) is 3. The van der Waals surface area contributed by atoms with E-state index in [1.165, 1.54) is 60.3 Å². The van der Waals surface area contributed by atoms with E-state index in [0.717, 1.165) is 76.7 Å². The summed E-state index contributed by atoms with van der Waals surface area (Å²) in [5.74, 6) is 0.268. The van der Waals surface area contributed by atoms with Crippen LogP contribution in [0.5, 0.6) is 0 Å². The molecule has 6 rings (SSSR count). The zero-order valence-electron chi connectivity index (χ0n) is 30.5. The van der Waals surface area contributed by atoms with E-state index in [4.69, 9.17) is 14.7 Å². The number of pyridine rings is 2. The van der Waals surface area contributed by atoms with Crippen molar-refractivity contribution in [3.8, 4) is 0 Å². The lowest BCUT2D eigenvalue weighted by Crippen LogP contribution is -2.37. The van der Waals surface area contributed by atoms with E-state index in [9.17, 15) is 14.4 Å². The summed E-state index contributed by atoms with van der Waals surface area (Å²) < 4.78 is 5.39. The maximum absolute atomic E-state index is 12.4. The Hall–Kier alpha value is -3.24. The number of likely N-dealkylation sites (tertiary alicyclic amines) is 1. The Morgan fingerprint density at radius 2 is 1.34 bits per heavy atom. The maximum atomic E-state index is 12.4. The molecule has 10 nitrogen and oxygen atoms in total. The molecule has 2 aromatic heterocycles. The van der Waals surface area contributed by atoms with Crippen molar-refractivity contribution < 1.29 is 19.1 Å². The molecule has 276 valence electrons. The van der Waals surface area contributed by atoms with Gasteiger partial charge in [0.2, 0.25) is 11.8 Å². The number of rotatable bonds is 10. The van der Waals surface area contributed by atoms with Crippen LogP contribution in [0.3, 0.4) is 0 Å². The minimum absolute atomic E-state index is 0. The van der Waals surface area contributed by atoms with Crippen LogP contribution in [0.15, 0.2) is 24.3 Å². The van der Waals surface area contributed by atoms with Gasteiger partial charge in [-0.25, -0.2) is 4.79 Å². The zero-order valence-corrected chi connectivity index (χ0v) is 31.3. The van der Waals surface area contributed by atoms with Gasteiger partial charge in [0.15, 0.2) is 0 Å². The molecule has 0 unspecified atom stereocenters. The van der Waals surface area contributed by atoms with Crippen LogP contribution >= 0.6 is 12.4 Å². The molecule has 2 aliphatic carbocycles. The summed E-state index contributed by atoms with van der Waals surface area (Å²) in [5.41, 5.74) is 7.19. The molecule has 2 aliphatic heterocycles. The molecule has 2 fully saturated rings. The van der Waals surface area contributed by atoms with Crippen molar-refractivity contribution >= 4 is 30.3 Å². The van der Waals surface area contributed by atoms with Gasteiger partial charge in [0.1, 0.15) is 5.60 Å². The van der Waals surface area contributed by atoms with E-state index in [-0.39, 0.29) is 42.2 Å². The number of ether oxygens (including phenoxy) is 1. The molecule has 11 heteroatoms. The highest BCUT2D eigenvalue weighted by atomic mass is 35.5. The Morgan fingerprint density at radius 3 is 1.86 bits per heavy atom. The lowest BCUT2D eigenvalue weighted by Gasteiger charge is -2.24. The highest BCUT2D eigenvalue weighted by molar-refractivity contribution is 5.85. The fourth-order valence-corrected chi connectivity index (χ4v) is 7.13. The molecule has 0 bridgehead atoms. The summed E-state index contributed by atoms with van der Waals surface area (Å²) in [6, 6.07) is 8.76. The molecule has 2 saturated heterocycles. The van der Waals surface area contributed by atoms with Crippen LogP contribution in [-0.2, 0) is 52.9 Å². The van der Waals surface area contributed by atoms with Gasteiger partial charge in [-0.3, -0.25) is 19.6 Å². The molecule has 2 atom stereocenters. The van der Waals surface area contributed by atoms with Crippen molar-refractivity contribution in [1.29, 1.82) is 0 Å². The normalized spacial score (nSPS) is 19.6. The average Bonchev–Trinajstić information content (AvgIpc) is 3.82. The van der Waals surface area contributed by atoms with Gasteiger partial charge in [-0.05, 0) is 140 Å². The second-order valence-corrected chi connectivity index (χ2v) is 15.1. The lowest BCUT2D eigenvalue weighted by atomic mass is 9.95. The first-order valence-corrected chi connectivity index (χ1v) is 18.8. The molecule has 4 heterocycles. The quantitative estimate of drug-likeness (QED) is 0.286. The van der Waals surface area contributed by atoms with Gasteiger partial charge >= 0.3 is 6.09 Å². The van der Waals surface area contributed by atoms with E-state index < -0.39 is 5.60 Å². The minimum atomic E-state index is -0.512. The van der Waals surface area contributed by atoms with Crippen molar-refractivity contribution in [3.63, 3.8) is 0 Å². The Labute approximate surface area is 305 Å². The minimum Gasteiger partial charge on any atom is -0.444 e. The van der Waals surface area contributed by atoms with Gasteiger partial charge in [0.05, 0.1) is 11.8 Å². The fourth-order valence-electron chi connectivity index (χ4n) is 7.13. The topological polar surface area (TPSA) is 126 Å². The molecule has 0 aromatic carbocycles. The number of amides is 3. The van der Waals surface area contributed by atoms with Gasteiger partial charge < -0.3 is 25.6 Å². The van der Waals surface area contributed by atoms with Crippen LogP contribution < -0.4 is 16.0 Å². The van der Waals surface area contributed by atoms with Gasteiger partial charge in [-0.2, -0.15) is 0 Å². The molecule has 0 radical (unpaired) electrons. The Balaban J connectivity index is 0.000000229. The summed E-state index contributed by atoms with van der Waals surface area (Å²) in [4.78, 5) is 47.6. The van der Waals surface area contributed by atoms with Crippen LogP contribution in [0, 0.1) is 11.8 Å². The molecule has 0 saturated carbocycles. The van der Waals surface area contributed by atoms with Gasteiger partial charge in [0.25, 0.3) is 0 Å². The molecule has 3 N–H and O–H groups in total. The Bertz CT molecular complexity index is 1420. The SMILES string of the molecule is CC(C)(C)OC(=O)N1CC[C@@H](C(=O)NCCCc2ccc3c(n2)CCCC3)C1.Cl.O=C(NCCCc1ccc2c(n1)CCCC2)[C@@H]1CCNC1. The largest absolute Gasteiger partial charge is 0.444 e. The van der Waals surface area contributed by atoms with Crippen molar-refractivity contribution in [3.05, 3.63) is 58.2 Å². The molecular weight excluding hydrogens is 652 g/mol. The smallest absolute Gasteiger partial charge is 0.410 e. The molecule has 0 spiro atoms. The fraction of sp³-hybridized carbons (Fsp3) is 0.667. The standard InChI is InChI=1S/C22H33N3O3.C17H25N3O.ClH/c1-22(2,3)28-21(27)25-14-12-17(15-25)20(26)23-13-6-8-18-11-10-16-7-4-5-9-19(16)24-18;21-17(14-9-11-18-12-14)19-10-3-5-15-8-7-13-4-1-2-6-16(13)20-15;/h10-11,17H,4-9,12-15H2,1-3H3,(H,23,26);7-8,14,18H,1-6,9-12H2,(H,19,21);1H/t17-;14-;/m11./s1. The zero-order chi connectivity index (χ0) is 34.6. The number of halogens is 1. The third-order valence-corrected chi connectivity index (χ3v) is 9.93. The van der Waals surface area contributed by atoms with Crippen molar-refractivity contribution in [2.75, 3.05) is 39.3 Å². The first kappa shape index (κ1) is 39.5. The summed E-state index contributed by atoms with van der Waals surface area (Å²) >= 11 is 0. The highest BCUT2D eigenvalue weighted by Gasteiger charge is 2.33. The summed E-state index contributed by atoms with van der Waals surface area (Å²) in [5, 5.41) is 9.30. The molecule has 2 aromatic rings. The number of hydrogen-bond donors (Lipinski definition) is 3. The van der Waals surface area contributed by atoms with Gasteiger partial charge in [-0.1, -0.05) is 12.1 Å². The molecule has 50 heavy (non-hydrogen) atoms. The van der Waals surface area contributed by atoms with Crippen LogP contribution in [-0.4, -0.2) is 77.6 Å². The number of nitrogens with zero attached hydrogens (tertiary/aromatic N) is 3. The number of aryl methyl sites for hydroxylation is 6. The highest BCUT2D eigenvalue weighted by Crippen LogP contribution is 2.22. The summed E-state index contributed by atoms with van der Waals surface area (Å²) in [6.07, 6.45) is 14.7. The predicted molar refractivity (Wildman–Crippen MR) is 199 cm³/mol. The summed E-state index contributed by atoms with van der Waals surface area (Å²) in [6.45, 7) is 9.76. The van der Waals surface area contributed by atoms with Gasteiger partial charge in [-0.15, -0.1) is 12.4 Å². The Morgan fingerprint density at radius 1 is 0.800 bits per heavy atom. The van der Waals surface area contributed by atoms with E-state index in [1.54, 1.807) is 4.90 Å². The van der Waals surface area contributed by atoms with E-state index in [1.807, 2.05) is 20.8 Å². The van der Waals surface area contributed by atoms with Crippen LogP contribution in [0.4, 0.5) is 4.79 Å². The van der Waals surface area contributed by atoms with Crippen molar-refractivity contribution in [2.45, 2.75) is 116 Å². The third kappa shape index (κ3) is 12.2. The van der Waals surface area contributed by atoms with Crippen molar-refractivity contribution in [2.24, 2.45) is 11.8 Å². The van der Waals surface area contributed by atoms with Crippen LogP contribution in [0.2, 0.25) is 0 Å². The van der Waals surface area contributed by atoms with Crippen molar-refractivity contribution in [1.82, 2.24) is 30.8 Å². The predicted octanol–water partition coefficient (Wildman–Crippen LogP) is 5.31. The third-order valence-electron chi connectivity index (χ3n) is 9.93. The second-order valence-electron chi connectivity index (χ2n) is 15.1. The first-order chi connectivity index (χ1) is 23.6. The summed E-state index contributed by atoms with van der Waals surface area (Å²) in [7, 11) is 0. The monoisotopic (exact) mass is 710 g/mol. The Kier molecular flexibility index (Phi) is 15.3. The molecule has 4 aliphatic rings. The molecular formula is C39H59ClN6O4. The van der Waals surface area contributed by atoms with Crippen LogP contribution in [0.1, 0.15) is 106 Å². The lowest BCUT2D eigenvalue weighted by molar-refractivity contribution is -0.125. The maximum Gasteiger partial charge on any atom is 0.410 e. The number of aromatic nitrogens is 2. The molecule has 3 amide bonds. The number of carbonyl (C=O) groups is 3. The van der Waals surface area contributed by atoms with E-state index in [2.05, 4.69) is 40.2 Å². The van der Waals surface area contributed by atoms with E-state index >= 15 is 0 Å². The van der Waals surface area contributed by atoms with Gasteiger partial charge in [0, 0.05) is 55.5 Å². The first-order valence-electron chi connectivity index (χ1n) is 18.8. The number of carbonyl (C=O) groups excluding carboxylic acids is 3. The van der Waals surface area contributed by atoms with E-state index in [0.29, 0.717) is 26.1 Å². The average molecular weight is 711 g/mol. The van der Waals surface area contributed by atoms with Crippen LogP contribution in [0.25, 0.3) is 0 Å².